The molecule has 4 heterocycles. The van der Waals surface area contributed by atoms with Crippen LogP contribution in [0.4, 0.5) is 10.3 Å². The number of rotatable bonds is 9. The third-order valence-corrected chi connectivity index (χ3v) is 7.87. The predicted octanol–water partition coefficient (Wildman–Crippen LogP) is 4.25. The first-order valence-corrected chi connectivity index (χ1v) is 14.7. The smallest absolute Gasteiger partial charge is 0.224 e. The molecule has 0 radical (unpaired) electrons. The van der Waals surface area contributed by atoms with Crippen LogP contribution in [0.5, 0.6) is 0 Å². The second kappa shape index (κ2) is 13.4. The lowest BCUT2D eigenvalue weighted by atomic mass is 10.0. The summed E-state index contributed by atoms with van der Waals surface area (Å²) in [7, 11) is 0. The van der Waals surface area contributed by atoms with E-state index in [1.807, 2.05) is 43.3 Å². The summed E-state index contributed by atoms with van der Waals surface area (Å²) in [4.78, 5) is 30.0. The van der Waals surface area contributed by atoms with Crippen LogP contribution in [0.3, 0.4) is 0 Å². The second-order valence-electron chi connectivity index (χ2n) is 11.1. The molecule has 2 aliphatic heterocycles. The summed E-state index contributed by atoms with van der Waals surface area (Å²) < 4.78 is 26.0. The van der Waals surface area contributed by atoms with E-state index in [0.717, 1.165) is 37.1 Å². The number of carbonyl (C=O) groups is 1. The van der Waals surface area contributed by atoms with Gasteiger partial charge in [0, 0.05) is 29.8 Å². The van der Waals surface area contributed by atoms with E-state index in [1.54, 1.807) is 18.3 Å². The topological polar surface area (TPSA) is 126 Å². The number of piperidine rings is 1. The van der Waals surface area contributed by atoms with Gasteiger partial charge in [0.1, 0.15) is 5.82 Å². The molecule has 224 valence electrons. The first-order valence-electron chi connectivity index (χ1n) is 14.7. The number of nitrogens with one attached hydrogen (secondary N) is 4. The third-order valence-electron chi connectivity index (χ3n) is 7.87. The minimum atomic E-state index is -0.731. The Balaban J connectivity index is 1.16. The summed E-state index contributed by atoms with van der Waals surface area (Å²) in [6.07, 6.45) is 3.30. The molecule has 1 atom stereocenters. The fourth-order valence-corrected chi connectivity index (χ4v) is 5.39. The molecule has 2 saturated heterocycles. The normalized spacial score (nSPS) is 20.0. The molecule has 10 nitrogen and oxygen atoms in total. The van der Waals surface area contributed by atoms with Crippen molar-refractivity contribution >= 4 is 11.9 Å². The van der Waals surface area contributed by atoms with E-state index < -0.39 is 6.29 Å². The van der Waals surface area contributed by atoms with E-state index >= 15 is 0 Å². The number of nitrogens with zero attached hydrogens (tertiary/aromatic N) is 3. The summed E-state index contributed by atoms with van der Waals surface area (Å²) in [6, 6.07) is 17.8. The van der Waals surface area contributed by atoms with Crippen LogP contribution >= 0.6 is 0 Å². The van der Waals surface area contributed by atoms with Crippen molar-refractivity contribution in [3.05, 3.63) is 84.1 Å². The van der Waals surface area contributed by atoms with Crippen molar-refractivity contribution in [2.75, 3.05) is 31.6 Å². The summed E-state index contributed by atoms with van der Waals surface area (Å²) in [6.45, 7) is 4.64. The van der Waals surface area contributed by atoms with Crippen molar-refractivity contribution in [1.29, 1.82) is 0 Å². The third kappa shape index (κ3) is 7.24. The van der Waals surface area contributed by atoms with Gasteiger partial charge in [0.25, 0.3) is 0 Å². The highest BCUT2D eigenvalue weighted by atomic mass is 19.1. The first-order chi connectivity index (χ1) is 21.0. The van der Waals surface area contributed by atoms with E-state index in [1.165, 1.54) is 12.1 Å². The average molecular weight is 586 g/mol. The number of hydrogen-bond donors (Lipinski definition) is 4. The monoisotopic (exact) mass is 585 g/mol. The SMILES string of the molecule is CC(NC(=O)Cc1ccccc1)C1COC(c2nc(-c3ccc(F)cc3)c(-c3ccnc(NC4CCNCC4)n3)[nH]2)OC1. The van der Waals surface area contributed by atoms with Gasteiger partial charge in [-0.1, -0.05) is 30.3 Å². The van der Waals surface area contributed by atoms with E-state index in [0.29, 0.717) is 54.5 Å². The van der Waals surface area contributed by atoms with Crippen molar-refractivity contribution in [1.82, 2.24) is 30.6 Å². The van der Waals surface area contributed by atoms with Crippen LogP contribution in [-0.2, 0) is 20.7 Å². The second-order valence-corrected chi connectivity index (χ2v) is 11.1. The largest absolute Gasteiger partial charge is 0.353 e. The van der Waals surface area contributed by atoms with Gasteiger partial charge in [0.05, 0.1) is 36.7 Å². The predicted molar refractivity (Wildman–Crippen MR) is 160 cm³/mol. The number of aromatic nitrogens is 4. The number of aromatic amines is 1. The molecule has 6 rings (SSSR count). The molecular weight excluding hydrogens is 549 g/mol. The number of ether oxygens (including phenoxy) is 2. The van der Waals surface area contributed by atoms with Crippen LogP contribution in [0.25, 0.3) is 22.6 Å². The highest BCUT2D eigenvalue weighted by Gasteiger charge is 2.31. The standard InChI is InChI=1S/C32H36FN7O3/c1-20(36-27(41)17-21-5-3-2-4-6-21)23-18-42-31(43-19-23)30-39-28(22-7-9-24(33)10-8-22)29(40-30)26-13-16-35-32(38-26)37-25-11-14-34-15-12-25/h2-10,13,16,20,23,25,31,34H,11-12,14-15,17-19H2,1H3,(H,36,41)(H,39,40)(H,35,37,38). The lowest BCUT2D eigenvalue weighted by molar-refractivity contribution is -0.212. The molecular formula is C32H36FN7O3. The van der Waals surface area contributed by atoms with Crippen LogP contribution in [0, 0.1) is 11.7 Å². The Kier molecular flexibility index (Phi) is 9.01. The fraction of sp³-hybridized carbons (Fsp3) is 0.375. The van der Waals surface area contributed by atoms with Crippen LogP contribution in [0.2, 0.25) is 0 Å². The molecule has 11 heteroatoms. The Hall–Kier alpha value is -4.19. The Bertz CT molecular complexity index is 1500. The minimum Gasteiger partial charge on any atom is -0.353 e. The lowest BCUT2D eigenvalue weighted by Crippen LogP contribution is -2.44. The number of amides is 1. The van der Waals surface area contributed by atoms with Crippen LogP contribution < -0.4 is 16.0 Å². The zero-order chi connectivity index (χ0) is 29.6. The summed E-state index contributed by atoms with van der Waals surface area (Å²) in [5, 5.41) is 9.88. The van der Waals surface area contributed by atoms with Gasteiger partial charge in [-0.2, -0.15) is 0 Å². The number of imidazole rings is 1. The molecule has 2 aromatic heterocycles. The zero-order valence-electron chi connectivity index (χ0n) is 24.1. The Labute approximate surface area is 249 Å². The van der Waals surface area contributed by atoms with Gasteiger partial charge in [0.2, 0.25) is 18.1 Å². The number of halogens is 1. The zero-order valence-corrected chi connectivity index (χ0v) is 24.1. The summed E-state index contributed by atoms with van der Waals surface area (Å²) >= 11 is 0. The van der Waals surface area contributed by atoms with Crippen LogP contribution in [0.1, 0.15) is 37.4 Å². The van der Waals surface area contributed by atoms with Gasteiger partial charge < -0.3 is 30.4 Å². The van der Waals surface area contributed by atoms with Crippen molar-refractivity contribution in [3.63, 3.8) is 0 Å². The van der Waals surface area contributed by atoms with Gasteiger partial charge in [-0.25, -0.2) is 19.3 Å². The van der Waals surface area contributed by atoms with E-state index in [2.05, 4.69) is 25.9 Å². The maximum Gasteiger partial charge on any atom is 0.224 e. The molecule has 2 fully saturated rings. The van der Waals surface area contributed by atoms with Crippen LogP contribution in [0.15, 0.2) is 66.9 Å². The minimum absolute atomic E-state index is 0.0209. The molecule has 2 aromatic carbocycles. The van der Waals surface area contributed by atoms with Crippen molar-refractivity contribution in [2.45, 2.75) is 44.6 Å². The molecule has 2 aliphatic rings. The summed E-state index contributed by atoms with van der Waals surface area (Å²) in [5.74, 6) is 0.639. The molecule has 0 aliphatic carbocycles. The molecule has 1 unspecified atom stereocenters. The quantitative estimate of drug-likeness (QED) is 0.230. The molecule has 1 amide bonds. The number of H-pyrrole nitrogens is 1. The molecule has 0 spiro atoms. The van der Waals surface area contributed by atoms with E-state index in [4.69, 9.17) is 19.4 Å². The van der Waals surface area contributed by atoms with Gasteiger partial charge in [0.15, 0.2) is 5.82 Å². The van der Waals surface area contributed by atoms with Crippen molar-refractivity contribution < 1.29 is 18.7 Å². The molecule has 0 saturated carbocycles. The first kappa shape index (κ1) is 28.9. The fourth-order valence-electron chi connectivity index (χ4n) is 5.39. The Morgan fingerprint density at radius 2 is 1.77 bits per heavy atom. The molecule has 4 N–H and O–H groups in total. The highest BCUT2D eigenvalue weighted by Crippen LogP contribution is 2.34. The molecule has 4 aromatic rings. The average Bonchev–Trinajstić information content (AvgIpc) is 3.48. The van der Waals surface area contributed by atoms with E-state index in [-0.39, 0.29) is 23.7 Å². The van der Waals surface area contributed by atoms with Gasteiger partial charge in [-0.05, 0) is 68.8 Å². The Morgan fingerprint density at radius 3 is 2.51 bits per heavy atom. The van der Waals surface area contributed by atoms with E-state index in [9.17, 15) is 9.18 Å². The maximum absolute atomic E-state index is 13.8. The van der Waals surface area contributed by atoms with Gasteiger partial charge in [-0.3, -0.25) is 4.79 Å². The number of carbonyl (C=O) groups excluding carboxylic acids is 1. The number of hydrogen-bond acceptors (Lipinski definition) is 8. The van der Waals surface area contributed by atoms with Crippen LogP contribution in [-0.4, -0.2) is 64.2 Å². The van der Waals surface area contributed by atoms with Gasteiger partial charge >= 0.3 is 0 Å². The van der Waals surface area contributed by atoms with Crippen molar-refractivity contribution in [2.24, 2.45) is 5.92 Å². The highest BCUT2D eigenvalue weighted by molar-refractivity contribution is 5.79. The maximum atomic E-state index is 13.8. The number of benzene rings is 2. The Morgan fingerprint density at radius 1 is 1.02 bits per heavy atom. The molecule has 0 bridgehead atoms. The van der Waals surface area contributed by atoms with Gasteiger partial charge in [-0.15, -0.1) is 0 Å². The number of anilines is 1. The summed E-state index contributed by atoms with van der Waals surface area (Å²) in [5.41, 5.74) is 3.61. The van der Waals surface area contributed by atoms with Crippen molar-refractivity contribution in [3.8, 4) is 22.6 Å². The lowest BCUT2D eigenvalue weighted by Gasteiger charge is -2.32. The molecule has 43 heavy (non-hydrogen) atoms.